The highest BCUT2D eigenvalue weighted by molar-refractivity contribution is 9.10. The molecule has 0 aliphatic carbocycles. The van der Waals surface area contributed by atoms with Gasteiger partial charge in [0.15, 0.2) is 0 Å². The topological polar surface area (TPSA) is 56.2 Å². The van der Waals surface area contributed by atoms with Crippen molar-refractivity contribution >= 4 is 27.5 Å². The maximum Gasteiger partial charge on any atom is 0.387 e. The molecule has 0 radical (unpaired) electrons. The molecule has 3 aromatic rings. The van der Waals surface area contributed by atoms with Crippen LogP contribution in [0.25, 0.3) is 5.69 Å². The molecule has 2 aromatic carbocycles. The Morgan fingerprint density at radius 3 is 2.60 bits per heavy atom. The second-order valence-electron chi connectivity index (χ2n) is 4.95. The van der Waals surface area contributed by atoms with Gasteiger partial charge in [-0.15, -0.1) is 0 Å². The van der Waals surface area contributed by atoms with E-state index in [1.165, 1.54) is 18.2 Å². The Labute approximate surface area is 150 Å². The highest BCUT2D eigenvalue weighted by Gasteiger charge is 2.17. The zero-order chi connectivity index (χ0) is 17.8. The number of nitrogens with one attached hydrogen (secondary N) is 1. The van der Waals surface area contributed by atoms with E-state index in [-0.39, 0.29) is 11.3 Å². The summed E-state index contributed by atoms with van der Waals surface area (Å²) in [6.45, 7) is -3.01. The highest BCUT2D eigenvalue weighted by Crippen LogP contribution is 2.25. The minimum absolute atomic E-state index is 0.0132. The lowest BCUT2D eigenvalue weighted by Crippen LogP contribution is -2.16. The molecule has 0 saturated carbocycles. The summed E-state index contributed by atoms with van der Waals surface area (Å²) in [7, 11) is 0. The molecule has 0 unspecified atom stereocenters. The van der Waals surface area contributed by atoms with E-state index in [0.29, 0.717) is 11.4 Å². The highest BCUT2D eigenvalue weighted by atomic mass is 79.9. The molecule has 1 aromatic heterocycles. The quantitative estimate of drug-likeness (QED) is 0.677. The summed E-state index contributed by atoms with van der Waals surface area (Å²) in [5.41, 5.74) is 1.13. The minimum Gasteiger partial charge on any atom is -0.434 e. The van der Waals surface area contributed by atoms with Crippen LogP contribution in [0.3, 0.4) is 0 Å². The van der Waals surface area contributed by atoms with Gasteiger partial charge in [0.2, 0.25) is 0 Å². The van der Waals surface area contributed by atoms with Crippen molar-refractivity contribution in [1.29, 1.82) is 0 Å². The number of halogens is 3. The van der Waals surface area contributed by atoms with E-state index in [1.807, 2.05) is 0 Å². The van der Waals surface area contributed by atoms with Crippen molar-refractivity contribution in [3.05, 3.63) is 71.0 Å². The summed E-state index contributed by atoms with van der Waals surface area (Å²) in [6.07, 6.45) is 3.35. The van der Waals surface area contributed by atoms with Gasteiger partial charge in [0, 0.05) is 6.20 Å². The van der Waals surface area contributed by atoms with Crippen molar-refractivity contribution in [2.24, 2.45) is 0 Å². The van der Waals surface area contributed by atoms with E-state index < -0.39 is 12.5 Å². The Morgan fingerprint density at radius 2 is 1.88 bits per heavy atom. The fourth-order valence-corrected chi connectivity index (χ4v) is 2.54. The SMILES string of the molecule is O=C(Nc1ccccc1-n1cc(Br)cn1)c1ccccc1OC(F)F. The summed E-state index contributed by atoms with van der Waals surface area (Å²) >= 11 is 3.32. The summed E-state index contributed by atoms with van der Waals surface area (Å²) in [5, 5.41) is 6.89. The Bertz CT molecular complexity index is 899. The van der Waals surface area contributed by atoms with Crippen LogP contribution in [0.15, 0.2) is 65.4 Å². The maximum atomic E-state index is 12.5. The summed E-state index contributed by atoms with van der Waals surface area (Å²) in [4.78, 5) is 12.5. The molecule has 0 bridgehead atoms. The maximum absolute atomic E-state index is 12.5. The van der Waals surface area contributed by atoms with Gasteiger partial charge in [-0.05, 0) is 40.2 Å². The first-order valence-corrected chi connectivity index (χ1v) is 7.98. The van der Waals surface area contributed by atoms with Gasteiger partial charge in [0.1, 0.15) is 5.75 Å². The van der Waals surface area contributed by atoms with Gasteiger partial charge < -0.3 is 10.1 Å². The largest absolute Gasteiger partial charge is 0.434 e. The molecule has 0 aliphatic rings. The van der Waals surface area contributed by atoms with Crippen LogP contribution in [0.1, 0.15) is 10.4 Å². The molecule has 128 valence electrons. The molecule has 0 aliphatic heterocycles. The number of benzene rings is 2. The van der Waals surface area contributed by atoms with Gasteiger partial charge in [-0.3, -0.25) is 4.79 Å². The number of hydrogen-bond donors (Lipinski definition) is 1. The zero-order valence-corrected chi connectivity index (χ0v) is 14.3. The number of alkyl halides is 2. The number of amides is 1. The Hall–Kier alpha value is -2.74. The van der Waals surface area contributed by atoms with E-state index >= 15 is 0 Å². The molecule has 8 heteroatoms. The minimum atomic E-state index is -3.01. The molecular formula is C17H12BrF2N3O2. The van der Waals surface area contributed by atoms with Gasteiger partial charge >= 0.3 is 6.61 Å². The number of anilines is 1. The van der Waals surface area contributed by atoms with Crippen LogP contribution in [0.5, 0.6) is 5.75 Å². The lowest BCUT2D eigenvalue weighted by atomic mass is 10.1. The van der Waals surface area contributed by atoms with Crippen molar-refractivity contribution in [1.82, 2.24) is 9.78 Å². The van der Waals surface area contributed by atoms with Crippen LogP contribution in [0.2, 0.25) is 0 Å². The van der Waals surface area contributed by atoms with Crippen LogP contribution in [0.4, 0.5) is 14.5 Å². The number of carbonyl (C=O) groups excluding carboxylic acids is 1. The number of hydrogen-bond acceptors (Lipinski definition) is 3. The fourth-order valence-electron chi connectivity index (χ4n) is 2.25. The first kappa shape index (κ1) is 17.1. The van der Waals surface area contributed by atoms with E-state index in [9.17, 15) is 13.6 Å². The molecular weight excluding hydrogens is 396 g/mol. The molecule has 0 saturated heterocycles. The number of rotatable bonds is 5. The van der Waals surface area contributed by atoms with Crippen LogP contribution < -0.4 is 10.1 Å². The predicted octanol–water partition coefficient (Wildman–Crippen LogP) is 4.49. The van der Waals surface area contributed by atoms with Gasteiger partial charge in [0.25, 0.3) is 5.91 Å². The molecule has 5 nitrogen and oxygen atoms in total. The second kappa shape index (κ2) is 7.43. The summed E-state index contributed by atoms with van der Waals surface area (Å²) < 4.78 is 31.8. The second-order valence-corrected chi connectivity index (χ2v) is 5.86. The number of nitrogens with zero attached hydrogens (tertiary/aromatic N) is 2. The van der Waals surface area contributed by atoms with Crippen LogP contribution in [-0.2, 0) is 0 Å². The lowest BCUT2D eigenvalue weighted by Gasteiger charge is -2.13. The monoisotopic (exact) mass is 407 g/mol. The fraction of sp³-hybridized carbons (Fsp3) is 0.0588. The average molecular weight is 408 g/mol. The third-order valence-electron chi connectivity index (χ3n) is 3.30. The van der Waals surface area contributed by atoms with Gasteiger partial charge in [-0.2, -0.15) is 13.9 Å². The molecule has 3 rings (SSSR count). The lowest BCUT2D eigenvalue weighted by molar-refractivity contribution is -0.0501. The number of carbonyl (C=O) groups is 1. The standard InChI is InChI=1S/C17H12BrF2N3O2/c18-11-9-21-23(10-11)14-7-3-2-6-13(14)22-16(24)12-5-1-4-8-15(12)25-17(19)20/h1-10,17H,(H,22,24). The summed E-state index contributed by atoms with van der Waals surface area (Å²) in [6, 6.07) is 12.8. The molecule has 1 heterocycles. The van der Waals surface area contributed by atoms with E-state index in [0.717, 1.165) is 4.47 Å². The molecule has 25 heavy (non-hydrogen) atoms. The normalized spacial score (nSPS) is 10.7. The van der Waals surface area contributed by atoms with Gasteiger partial charge in [-0.25, -0.2) is 4.68 Å². The van der Waals surface area contributed by atoms with E-state index in [1.54, 1.807) is 47.4 Å². The first-order chi connectivity index (χ1) is 12.0. The van der Waals surface area contributed by atoms with Crippen molar-refractivity contribution < 1.29 is 18.3 Å². The average Bonchev–Trinajstić information content (AvgIpc) is 3.01. The van der Waals surface area contributed by atoms with Crippen molar-refractivity contribution in [2.45, 2.75) is 6.61 Å². The van der Waals surface area contributed by atoms with Crippen LogP contribution in [0, 0.1) is 0 Å². The van der Waals surface area contributed by atoms with Crippen molar-refractivity contribution in [2.75, 3.05) is 5.32 Å². The molecule has 0 fully saturated rings. The third kappa shape index (κ3) is 4.03. The Morgan fingerprint density at radius 1 is 1.16 bits per heavy atom. The van der Waals surface area contributed by atoms with Crippen molar-refractivity contribution in [3.8, 4) is 11.4 Å². The molecule has 0 atom stereocenters. The van der Waals surface area contributed by atoms with E-state index in [4.69, 9.17) is 0 Å². The molecule has 1 N–H and O–H groups in total. The number of aromatic nitrogens is 2. The van der Waals surface area contributed by atoms with Gasteiger partial charge in [0.05, 0.1) is 27.6 Å². The first-order valence-electron chi connectivity index (χ1n) is 7.19. The Kier molecular flexibility index (Phi) is 5.08. The number of para-hydroxylation sites is 3. The van der Waals surface area contributed by atoms with Gasteiger partial charge in [-0.1, -0.05) is 24.3 Å². The third-order valence-corrected chi connectivity index (χ3v) is 3.71. The Balaban J connectivity index is 1.90. The predicted molar refractivity (Wildman–Crippen MR) is 92.3 cm³/mol. The molecule has 1 amide bonds. The molecule has 0 spiro atoms. The zero-order valence-electron chi connectivity index (χ0n) is 12.7. The summed E-state index contributed by atoms with van der Waals surface area (Å²) in [5.74, 6) is -0.746. The smallest absolute Gasteiger partial charge is 0.387 e. The van der Waals surface area contributed by atoms with E-state index in [2.05, 4.69) is 31.1 Å². The van der Waals surface area contributed by atoms with Crippen LogP contribution in [-0.4, -0.2) is 22.3 Å². The van der Waals surface area contributed by atoms with Crippen molar-refractivity contribution in [3.63, 3.8) is 0 Å². The number of ether oxygens (including phenoxy) is 1. The van der Waals surface area contributed by atoms with Crippen LogP contribution >= 0.6 is 15.9 Å².